The number of thioether (sulfide) groups is 1. The summed E-state index contributed by atoms with van der Waals surface area (Å²) in [5.41, 5.74) is 7.58. The predicted octanol–water partition coefficient (Wildman–Crippen LogP) is -0.211. The van der Waals surface area contributed by atoms with Crippen LogP contribution in [0.5, 0.6) is 5.75 Å². The molecule has 4 unspecified atom stereocenters. The number of benzene rings is 2. The summed E-state index contributed by atoms with van der Waals surface area (Å²) in [6, 6.07) is 10.6. The van der Waals surface area contributed by atoms with Gasteiger partial charge in [0, 0.05) is 6.42 Å². The Hall–Kier alpha value is -3.61. The fraction of sp³-hybridized carbons (Fsp3) is 0.385. The second-order valence-electron chi connectivity index (χ2n) is 8.65. The molecule has 0 aliphatic rings. The van der Waals surface area contributed by atoms with Gasteiger partial charge in [-0.1, -0.05) is 42.5 Å². The molecule has 0 saturated carbocycles. The van der Waals surface area contributed by atoms with Crippen LogP contribution in [0, 0.1) is 0 Å². The number of carboxylic acids is 1. The fourth-order valence-electron chi connectivity index (χ4n) is 3.55. The molecule has 8 N–H and O–H groups in total. The largest absolute Gasteiger partial charge is 0.508 e. The molecule has 0 heterocycles. The van der Waals surface area contributed by atoms with Crippen molar-refractivity contribution in [3.8, 4) is 5.75 Å². The first-order valence-corrected chi connectivity index (χ1v) is 13.3. The summed E-state index contributed by atoms with van der Waals surface area (Å²) in [6.07, 6.45) is 2.29. The van der Waals surface area contributed by atoms with E-state index in [0.29, 0.717) is 11.3 Å². The van der Waals surface area contributed by atoms with E-state index in [1.807, 2.05) is 36.6 Å². The third-order valence-corrected chi connectivity index (χ3v) is 6.33. The van der Waals surface area contributed by atoms with E-state index < -0.39 is 54.5 Å². The van der Waals surface area contributed by atoms with Gasteiger partial charge in [0.2, 0.25) is 17.7 Å². The number of phenolic OH excluding ortho intramolecular Hbond substituents is 1. The molecule has 0 aliphatic heterocycles. The summed E-state index contributed by atoms with van der Waals surface area (Å²) < 4.78 is 0. The normalized spacial score (nSPS) is 14.0. The molecule has 0 radical (unpaired) electrons. The molecule has 0 aromatic heterocycles. The lowest BCUT2D eigenvalue weighted by Crippen LogP contribution is -2.58. The minimum Gasteiger partial charge on any atom is -0.508 e. The maximum atomic E-state index is 13.3. The molecule has 0 saturated heterocycles. The number of hydrogen-bond donors (Lipinski definition) is 7. The van der Waals surface area contributed by atoms with E-state index in [2.05, 4.69) is 16.0 Å². The Morgan fingerprint density at radius 1 is 0.816 bits per heavy atom. The van der Waals surface area contributed by atoms with Gasteiger partial charge in [-0.3, -0.25) is 14.4 Å². The van der Waals surface area contributed by atoms with Gasteiger partial charge in [-0.05, 0) is 48.1 Å². The van der Waals surface area contributed by atoms with Gasteiger partial charge in [0.05, 0.1) is 12.6 Å². The Bertz CT molecular complexity index is 1070. The van der Waals surface area contributed by atoms with Gasteiger partial charge >= 0.3 is 5.97 Å². The first-order chi connectivity index (χ1) is 18.1. The summed E-state index contributed by atoms with van der Waals surface area (Å²) in [4.78, 5) is 50.3. The number of amides is 3. The van der Waals surface area contributed by atoms with Crippen molar-refractivity contribution in [2.24, 2.45) is 5.73 Å². The van der Waals surface area contributed by atoms with E-state index in [0.717, 1.165) is 5.56 Å². The summed E-state index contributed by atoms with van der Waals surface area (Å²) in [5, 5.41) is 35.5. The van der Waals surface area contributed by atoms with Gasteiger partial charge in [-0.15, -0.1) is 0 Å². The predicted molar refractivity (Wildman–Crippen MR) is 143 cm³/mol. The number of carbonyl (C=O) groups excluding carboxylic acids is 3. The summed E-state index contributed by atoms with van der Waals surface area (Å²) in [5.74, 6) is -2.91. The van der Waals surface area contributed by atoms with Gasteiger partial charge in [-0.25, -0.2) is 4.79 Å². The first kappa shape index (κ1) is 30.6. The molecular weight excluding hydrogens is 512 g/mol. The minimum absolute atomic E-state index is 0.0364. The Balaban J connectivity index is 2.20. The Morgan fingerprint density at radius 3 is 1.95 bits per heavy atom. The van der Waals surface area contributed by atoms with Crippen molar-refractivity contribution in [1.82, 2.24) is 16.0 Å². The zero-order chi connectivity index (χ0) is 28.1. The number of aliphatic hydroxyl groups is 1. The zero-order valence-electron chi connectivity index (χ0n) is 21.0. The first-order valence-electron chi connectivity index (χ1n) is 12.0. The Kier molecular flexibility index (Phi) is 12.6. The Morgan fingerprint density at radius 2 is 1.37 bits per heavy atom. The highest BCUT2D eigenvalue weighted by Gasteiger charge is 2.30. The number of phenols is 1. The van der Waals surface area contributed by atoms with E-state index in [9.17, 15) is 29.4 Å². The molecule has 3 amide bonds. The third-order valence-electron chi connectivity index (χ3n) is 5.69. The molecular formula is C26H34N4O7S. The standard InChI is InChI=1S/C26H34N4O7S/c1-38-12-11-20(24(34)30-22(15-31)26(36)37)28-25(35)21(14-17-7-9-18(32)10-8-17)29-23(33)19(27)13-16-5-3-2-4-6-16/h2-10,19-22,31-32H,11-15,27H2,1H3,(H,28,35)(H,29,33)(H,30,34)(H,36,37). The van der Waals surface area contributed by atoms with Crippen LogP contribution in [0.1, 0.15) is 17.5 Å². The molecule has 12 heteroatoms. The minimum atomic E-state index is -1.53. The van der Waals surface area contributed by atoms with Crippen LogP contribution in [0.4, 0.5) is 0 Å². The molecule has 0 aliphatic carbocycles. The molecule has 0 bridgehead atoms. The summed E-state index contributed by atoms with van der Waals surface area (Å²) >= 11 is 1.43. The molecule has 2 aromatic rings. The van der Waals surface area contributed by atoms with Crippen molar-refractivity contribution in [2.75, 3.05) is 18.6 Å². The number of rotatable bonds is 15. The van der Waals surface area contributed by atoms with Crippen LogP contribution in [0.3, 0.4) is 0 Å². The lowest BCUT2D eigenvalue weighted by atomic mass is 10.0. The van der Waals surface area contributed by atoms with Crippen LogP contribution in [0.25, 0.3) is 0 Å². The van der Waals surface area contributed by atoms with Crippen LogP contribution in [0.15, 0.2) is 54.6 Å². The number of nitrogens with one attached hydrogen (secondary N) is 3. The molecule has 0 fully saturated rings. The van der Waals surface area contributed by atoms with Crippen molar-refractivity contribution in [2.45, 2.75) is 43.4 Å². The quantitative estimate of drug-likeness (QED) is 0.158. The van der Waals surface area contributed by atoms with Gasteiger partial charge in [0.25, 0.3) is 0 Å². The third kappa shape index (κ3) is 10.0. The number of hydrogen-bond acceptors (Lipinski definition) is 8. The van der Waals surface area contributed by atoms with Crippen LogP contribution in [0.2, 0.25) is 0 Å². The topological polar surface area (TPSA) is 191 Å². The van der Waals surface area contributed by atoms with Crippen LogP contribution >= 0.6 is 11.8 Å². The zero-order valence-corrected chi connectivity index (χ0v) is 21.8. The average molecular weight is 547 g/mol. The smallest absolute Gasteiger partial charge is 0.328 e. The maximum Gasteiger partial charge on any atom is 0.328 e. The van der Waals surface area contributed by atoms with E-state index >= 15 is 0 Å². The lowest BCUT2D eigenvalue weighted by Gasteiger charge is -2.25. The lowest BCUT2D eigenvalue weighted by molar-refractivity contribution is -0.143. The molecule has 11 nitrogen and oxygen atoms in total. The highest BCUT2D eigenvalue weighted by atomic mass is 32.2. The van der Waals surface area contributed by atoms with Crippen LogP contribution < -0.4 is 21.7 Å². The van der Waals surface area contributed by atoms with Crippen molar-refractivity contribution >= 4 is 35.5 Å². The van der Waals surface area contributed by atoms with Crippen LogP contribution in [-0.4, -0.2) is 81.8 Å². The van der Waals surface area contributed by atoms with Gasteiger partial charge in [-0.2, -0.15) is 11.8 Å². The molecule has 0 spiro atoms. The number of aliphatic carboxylic acids is 1. The molecule has 38 heavy (non-hydrogen) atoms. The fourth-order valence-corrected chi connectivity index (χ4v) is 4.02. The van der Waals surface area contributed by atoms with Crippen molar-refractivity contribution in [1.29, 1.82) is 0 Å². The second kappa shape index (κ2) is 15.6. The van der Waals surface area contributed by atoms with E-state index in [4.69, 9.17) is 10.8 Å². The average Bonchev–Trinajstić information content (AvgIpc) is 2.90. The van der Waals surface area contributed by atoms with Gasteiger partial charge < -0.3 is 37.0 Å². The van der Waals surface area contributed by atoms with Crippen molar-refractivity contribution in [3.05, 3.63) is 65.7 Å². The number of carbonyl (C=O) groups is 4. The summed E-state index contributed by atoms with van der Waals surface area (Å²) in [6.45, 7) is -0.816. The number of aliphatic hydroxyl groups excluding tert-OH is 1. The van der Waals surface area contributed by atoms with Gasteiger partial charge in [0.15, 0.2) is 0 Å². The number of aromatic hydroxyl groups is 1. The molecule has 206 valence electrons. The van der Waals surface area contributed by atoms with E-state index in [1.54, 1.807) is 12.1 Å². The van der Waals surface area contributed by atoms with Crippen molar-refractivity contribution < 1.29 is 34.5 Å². The second-order valence-corrected chi connectivity index (χ2v) is 9.64. The van der Waals surface area contributed by atoms with Crippen molar-refractivity contribution in [3.63, 3.8) is 0 Å². The maximum absolute atomic E-state index is 13.3. The number of nitrogens with two attached hydrogens (primary N) is 1. The van der Waals surface area contributed by atoms with Crippen LogP contribution in [-0.2, 0) is 32.0 Å². The SMILES string of the molecule is CSCCC(NC(=O)C(Cc1ccc(O)cc1)NC(=O)C(N)Cc1ccccc1)C(=O)NC(CO)C(=O)O. The highest BCUT2D eigenvalue weighted by molar-refractivity contribution is 7.98. The molecule has 4 atom stereocenters. The number of carboxylic acid groups (broad SMARTS) is 1. The van der Waals surface area contributed by atoms with Gasteiger partial charge in [0.1, 0.15) is 23.9 Å². The molecule has 2 rings (SSSR count). The van der Waals surface area contributed by atoms with E-state index in [1.165, 1.54) is 23.9 Å². The monoisotopic (exact) mass is 546 g/mol. The van der Waals surface area contributed by atoms with E-state index in [-0.39, 0.29) is 25.0 Å². The summed E-state index contributed by atoms with van der Waals surface area (Å²) in [7, 11) is 0. The highest BCUT2D eigenvalue weighted by Crippen LogP contribution is 2.12. The molecule has 2 aromatic carbocycles. The Labute approximate surface area is 225 Å².